The third-order valence-electron chi connectivity index (χ3n) is 2.09. The van der Waals surface area contributed by atoms with Crippen molar-refractivity contribution in [3.8, 4) is 0 Å². The molecule has 0 radical (unpaired) electrons. The zero-order valence-corrected chi connectivity index (χ0v) is 10.7. The maximum Gasteiger partial charge on any atom is 0.304 e. The van der Waals surface area contributed by atoms with Gasteiger partial charge in [-0.05, 0) is 12.1 Å². The number of H-pyrrole nitrogens is 1. The second-order valence-corrected chi connectivity index (χ2v) is 6.03. The average Bonchev–Trinajstić information content (AvgIpc) is 2.73. The van der Waals surface area contributed by atoms with Crippen LogP contribution < -0.4 is 15.3 Å². The SMILES string of the molecule is Nc1ccc(S(=O)(=O)NCc2csc(=O)[nH]2)cn1. The van der Waals surface area contributed by atoms with Gasteiger partial charge in [0.05, 0.1) is 6.54 Å². The largest absolute Gasteiger partial charge is 0.384 e. The number of anilines is 1. The number of pyridine rings is 1. The second-order valence-electron chi connectivity index (χ2n) is 3.42. The van der Waals surface area contributed by atoms with Gasteiger partial charge in [-0.2, -0.15) is 0 Å². The van der Waals surface area contributed by atoms with Crippen molar-refractivity contribution in [2.75, 3.05) is 5.73 Å². The smallest absolute Gasteiger partial charge is 0.304 e. The molecule has 4 N–H and O–H groups in total. The van der Waals surface area contributed by atoms with Crippen LogP contribution >= 0.6 is 11.3 Å². The molecule has 0 saturated carbocycles. The van der Waals surface area contributed by atoms with E-state index >= 15 is 0 Å². The first-order valence-corrected chi connectivity index (χ1v) is 7.21. The normalized spacial score (nSPS) is 11.6. The van der Waals surface area contributed by atoms with Crippen LogP contribution in [-0.2, 0) is 16.6 Å². The molecule has 0 bridgehead atoms. The highest BCUT2D eigenvalue weighted by molar-refractivity contribution is 7.89. The Morgan fingerprint density at radius 1 is 1.44 bits per heavy atom. The molecular formula is C9H10N4O3S2. The summed E-state index contributed by atoms with van der Waals surface area (Å²) < 4.78 is 26.0. The first-order valence-electron chi connectivity index (χ1n) is 4.85. The minimum atomic E-state index is -3.65. The van der Waals surface area contributed by atoms with Gasteiger partial charge in [0.15, 0.2) is 0 Å². The molecule has 0 amide bonds. The van der Waals surface area contributed by atoms with E-state index in [1.165, 1.54) is 18.3 Å². The first kappa shape index (κ1) is 12.7. The van der Waals surface area contributed by atoms with Crippen LogP contribution in [0.1, 0.15) is 5.69 Å². The van der Waals surface area contributed by atoms with Gasteiger partial charge in [-0.25, -0.2) is 18.1 Å². The van der Waals surface area contributed by atoms with Crippen molar-refractivity contribution in [1.29, 1.82) is 0 Å². The van der Waals surface area contributed by atoms with Gasteiger partial charge < -0.3 is 10.7 Å². The van der Waals surface area contributed by atoms with Crippen LogP contribution in [0.3, 0.4) is 0 Å². The van der Waals surface area contributed by atoms with Crippen molar-refractivity contribution >= 4 is 27.2 Å². The van der Waals surface area contributed by atoms with Crippen molar-refractivity contribution in [3.05, 3.63) is 39.1 Å². The third-order valence-corrected chi connectivity index (χ3v) is 4.20. The van der Waals surface area contributed by atoms with Crippen LogP contribution in [0.15, 0.2) is 33.4 Å². The van der Waals surface area contributed by atoms with Crippen LogP contribution in [0.5, 0.6) is 0 Å². The van der Waals surface area contributed by atoms with Crippen molar-refractivity contribution in [1.82, 2.24) is 14.7 Å². The summed E-state index contributed by atoms with van der Waals surface area (Å²) in [5, 5.41) is 1.56. The summed E-state index contributed by atoms with van der Waals surface area (Å²) in [4.78, 5) is 16.9. The summed E-state index contributed by atoms with van der Waals surface area (Å²) in [7, 11) is -3.65. The van der Waals surface area contributed by atoms with Crippen molar-refractivity contribution in [2.24, 2.45) is 0 Å². The minimum absolute atomic E-state index is 0.0193. The number of hydrogen-bond acceptors (Lipinski definition) is 6. The Morgan fingerprint density at radius 3 is 2.78 bits per heavy atom. The van der Waals surface area contributed by atoms with E-state index in [-0.39, 0.29) is 22.1 Å². The fourth-order valence-corrected chi connectivity index (χ4v) is 2.74. The lowest BCUT2D eigenvalue weighted by Gasteiger charge is -2.05. The maximum absolute atomic E-state index is 11.8. The minimum Gasteiger partial charge on any atom is -0.384 e. The molecule has 96 valence electrons. The number of rotatable bonds is 4. The number of aromatic nitrogens is 2. The number of nitrogens with zero attached hydrogens (tertiary/aromatic N) is 1. The molecule has 2 aromatic rings. The Labute approximate surface area is 107 Å². The molecule has 0 atom stereocenters. The fraction of sp³-hybridized carbons (Fsp3) is 0.111. The van der Waals surface area contributed by atoms with E-state index in [0.717, 1.165) is 11.3 Å². The summed E-state index contributed by atoms with van der Waals surface area (Å²) in [6.07, 6.45) is 1.17. The maximum atomic E-state index is 11.8. The molecule has 0 spiro atoms. The summed E-state index contributed by atoms with van der Waals surface area (Å²) >= 11 is 0.978. The average molecular weight is 286 g/mol. The molecule has 2 aromatic heterocycles. The topological polar surface area (TPSA) is 118 Å². The second kappa shape index (κ2) is 4.88. The van der Waals surface area contributed by atoms with Gasteiger partial charge in [0, 0.05) is 17.3 Å². The van der Waals surface area contributed by atoms with Gasteiger partial charge in [-0.3, -0.25) is 4.79 Å². The molecule has 9 heteroatoms. The van der Waals surface area contributed by atoms with E-state index in [0.29, 0.717) is 5.69 Å². The number of aromatic amines is 1. The lowest BCUT2D eigenvalue weighted by atomic mass is 10.5. The summed E-state index contributed by atoms with van der Waals surface area (Å²) in [5.41, 5.74) is 5.88. The standard InChI is InChI=1S/C9H10N4O3S2/c10-8-2-1-7(4-11-8)18(15,16)12-3-6-5-17-9(14)13-6/h1-2,4-5,12H,3H2,(H2,10,11)(H,13,14). The van der Waals surface area contributed by atoms with E-state index < -0.39 is 10.0 Å². The van der Waals surface area contributed by atoms with E-state index in [1.807, 2.05) is 0 Å². The van der Waals surface area contributed by atoms with Crippen molar-refractivity contribution in [2.45, 2.75) is 11.4 Å². The number of hydrogen-bond donors (Lipinski definition) is 3. The lowest BCUT2D eigenvalue weighted by molar-refractivity contribution is 0.580. The fourth-order valence-electron chi connectivity index (χ4n) is 1.21. The van der Waals surface area contributed by atoms with Crippen LogP contribution in [0.25, 0.3) is 0 Å². The van der Waals surface area contributed by atoms with E-state index in [1.54, 1.807) is 5.38 Å². The molecule has 18 heavy (non-hydrogen) atoms. The van der Waals surface area contributed by atoms with E-state index in [2.05, 4.69) is 14.7 Å². The highest BCUT2D eigenvalue weighted by Crippen LogP contribution is 2.09. The van der Waals surface area contributed by atoms with Crippen LogP contribution in [0.4, 0.5) is 5.82 Å². The van der Waals surface area contributed by atoms with Gasteiger partial charge in [-0.15, -0.1) is 0 Å². The van der Waals surface area contributed by atoms with Gasteiger partial charge >= 0.3 is 4.87 Å². The highest BCUT2D eigenvalue weighted by Gasteiger charge is 2.14. The van der Waals surface area contributed by atoms with E-state index in [9.17, 15) is 13.2 Å². The zero-order valence-electron chi connectivity index (χ0n) is 9.08. The third kappa shape index (κ3) is 2.94. The van der Waals surface area contributed by atoms with Crippen molar-refractivity contribution < 1.29 is 8.42 Å². The van der Waals surface area contributed by atoms with Crippen molar-refractivity contribution in [3.63, 3.8) is 0 Å². The molecule has 0 aliphatic heterocycles. The molecule has 2 rings (SSSR count). The molecule has 0 aromatic carbocycles. The highest BCUT2D eigenvalue weighted by atomic mass is 32.2. The van der Waals surface area contributed by atoms with Gasteiger partial charge in [0.1, 0.15) is 10.7 Å². The molecule has 0 fully saturated rings. The Kier molecular flexibility index (Phi) is 3.45. The molecule has 0 saturated heterocycles. The molecule has 0 aliphatic carbocycles. The lowest BCUT2D eigenvalue weighted by Crippen LogP contribution is -2.23. The molecule has 0 unspecified atom stereocenters. The molecule has 2 heterocycles. The first-order chi connectivity index (χ1) is 8.47. The number of sulfonamides is 1. The Balaban J connectivity index is 2.12. The van der Waals surface area contributed by atoms with Gasteiger partial charge in [0.2, 0.25) is 10.0 Å². The zero-order chi connectivity index (χ0) is 13.2. The summed E-state index contributed by atoms with van der Waals surface area (Å²) in [6.45, 7) is 0.0193. The number of thiazole rings is 1. The predicted octanol–water partition coefficient (Wildman–Crippen LogP) is -0.108. The summed E-state index contributed by atoms with van der Waals surface area (Å²) in [6, 6.07) is 2.77. The summed E-state index contributed by atoms with van der Waals surface area (Å²) in [5.74, 6) is 0.246. The molecule has 0 aliphatic rings. The van der Waals surface area contributed by atoms with Crippen LogP contribution in [0, 0.1) is 0 Å². The number of nitrogens with one attached hydrogen (secondary N) is 2. The Morgan fingerprint density at radius 2 is 2.22 bits per heavy atom. The molecule has 7 nitrogen and oxygen atoms in total. The Bertz CT molecular complexity index is 687. The number of nitrogen functional groups attached to an aromatic ring is 1. The molecular weight excluding hydrogens is 276 g/mol. The van der Waals surface area contributed by atoms with Crippen LogP contribution in [0.2, 0.25) is 0 Å². The monoisotopic (exact) mass is 286 g/mol. The van der Waals surface area contributed by atoms with Gasteiger partial charge in [-0.1, -0.05) is 11.3 Å². The Hall–Kier alpha value is -1.71. The van der Waals surface area contributed by atoms with Crippen LogP contribution in [-0.4, -0.2) is 18.4 Å². The predicted molar refractivity (Wildman–Crippen MR) is 67.6 cm³/mol. The quantitative estimate of drug-likeness (QED) is 0.725. The van der Waals surface area contributed by atoms with Gasteiger partial charge in [0.25, 0.3) is 0 Å². The number of nitrogens with two attached hydrogens (primary N) is 1. The van der Waals surface area contributed by atoms with E-state index in [4.69, 9.17) is 5.73 Å².